The van der Waals surface area contributed by atoms with Gasteiger partial charge in [0.25, 0.3) is 0 Å². The van der Waals surface area contributed by atoms with Crippen molar-refractivity contribution in [3.05, 3.63) is 203 Å². The maximum absolute atomic E-state index is 6.73. The highest BCUT2D eigenvalue weighted by atomic mass is 14.7. The van der Waals surface area contributed by atoms with E-state index in [1.807, 2.05) is 13.0 Å². The van der Waals surface area contributed by atoms with E-state index in [0.29, 0.717) is 0 Å². The van der Waals surface area contributed by atoms with Gasteiger partial charge in [-0.25, -0.2) is 0 Å². The van der Waals surface area contributed by atoms with E-state index in [1.54, 1.807) is 5.57 Å². The summed E-state index contributed by atoms with van der Waals surface area (Å²) in [6.45, 7) is 11.3. The second-order valence-electron chi connectivity index (χ2n) is 16.6. The monoisotopic (exact) mass is 740 g/mol. The third-order valence-electron chi connectivity index (χ3n) is 12.6. The third-order valence-corrected chi connectivity index (χ3v) is 12.6. The van der Waals surface area contributed by atoms with Gasteiger partial charge in [-0.05, 0) is 124 Å². The predicted molar refractivity (Wildman–Crippen MR) is 247 cm³/mol. The summed E-state index contributed by atoms with van der Waals surface area (Å²) in [5.74, 6) is 0.345. The van der Waals surface area contributed by atoms with E-state index in [2.05, 4.69) is 183 Å². The summed E-state index contributed by atoms with van der Waals surface area (Å²) in [4.78, 5) is 3.69. The zero-order chi connectivity index (χ0) is 39.1. The SMILES string of the molecule is C=C1Cc2ccccc2-c2cc3c(cc21)[nH]c1ccc(C2=CC(/C=C/CC(/C=C\c4ccc5c(c4)C(C)(C)C4=C5C=CCC4)/C=C/C=C\C=C/C)C(N)C=C2)cc13. The molecule has 282 valence electrons. The van der Waals surface area contributed by atoms with Crippen molar-refractivity contribution >= 4 is 44.6 Å². The molecule has 0 bridgehead atoms. The normalized spacial score (nSPS) is 20.5. The van der Waals surface area contributed by atoms with Gasteiger partial charge in [-0.1, -0.05) is 166 Å². The zero-order valence-electron chi connectivity index (χ0n) is 33.4. The molecule has 3 N–H and O–H groups in total. The Balaban J connectivity index is 0.963. The number of nitrogens with two attached hydrogens (primary N) is 1. The van der Waals surface area contributed by atoms with Gasteiger partial charge in [0.05, 0.1) is 0 Å². The van der Waals surface area contributed by atoms with Crippen molar-refractivity contribution in [2.24, 2.45) is 17.6 Å². The highest BCUT2D eigenvalue weighted by molar-refractivity contribution is 6.11. The van der Waals surface area contributed by atoms with Crippen molar-refractivity contribution in [2.75, 3.05) is 0 Å². The molecule has 1 aromatic heterocycles. The molecular formula is C55H52N2. The Morgan fingerprint density at radius 1 is 0.860 bits per heavy atom. The Morgan fingerprint density at radius 3 is 2.61 bits per heavy atom. The zero-order valence-corrected chi connectivity index (χ0v) is 33.4. The van der Waals surface area contributed by atoms with E-state index in [-0.39, 0.29) is 23.3 Å². The Labute approximate surface area is 338 Å². The molecule has 2 heteroatoms. The third kappa shape index (κ3) is 6.94. The number of allylic oxidation sites excluding steroid dienone is 15. The fourth-order valence-corrected chi connectivity index (χ4v) is 9.44. The minimum Gasteiger partial charge on any atom is -0.354 e. The molecule has 0 radical (unpaired) electrons. The largest absolute Gasteiger partial charge is 0.354 e. The lowest BCUT2D eigenvalue weighted by Gasteiger charge is -2.25. The lowest BCUT2D eigenvalue weighted by atomic mass is 9.78. The molecule has 0 amide bonds. The van der Waals surface area contributed by atoms with Gasteiger partial charge in [-0.2, -0.15) is 0 Å². The van der Waals surface area contributed by atoms with Gasteiger partial charge < -0.3 is 10.7 Å². The number of H-pyrrole nitrogens is 1. The van der Waals surface area contributed by atoms with Gasteiger partial charge >= 0.3 is 0 Å². The van der Waals surface area contributed by atoms with Gasteiger partial charge in [0, 0.05) is 39.2 Å². The summed E-state index contributed by atoms with van der Waals surface area (Å²) in [7, 11) is 0. The van der Waals surface area contributed by atoms with Crippen LogP contribution in [0.25, 0.3) is 55.7 Å². The number of fused-ring (bicyclic) bond motifs is 8. The number of aromatic nitrogens is 1. The minimum atomic E-state index is -0.0705. The number of rotatable bonds is 9. The topological polar surface area (TPSA) is 41.8 Å². The molecule has 1 heterocycles. The first-order valence-corrected chi connectivity index (χ1v) is 20.7. The van der Waals surface area contributed by atoms with Crippen molar-refractivity contribution < 1.29 is 0 Å². The van der Waals surface area contributed by atoms with Crippen LogP contribution in [0.3, 0.4) is 0 Å². The minimum absolute atomic E-state index is 0.0705. The van der Waals surface area contributed by atoms with Crippen LogP contribution in [0.1, 0.15) is 73.4 Å². The lowest BCUT2D eigenvalue weighted by molar-refractivity contribution is 0.607. The molecule has 0 saturated heterocycles. The standard InChI is InChI=1S/C55H52N2/c1-5-6-7-8-9-15-37(22-23-38-24-27-45-44-20-12-13-21-50(44)55(3,4)51(45)31-38)16-14-18-42-32-39(25-28-52(42)56)40-26-29-53-48(33-40)49-34-47-43-19-11-10-17-41(43)30-36(2)46(47)35-54(49)57-53/h5-12,14-15,17-20,22-29,31-35,37,42,52,57H,2,13,16,21,30,56H2,1,3-4H3/b6-5-,8-7-,15-9+,18-14+,23-22-. The van der Waals surface area contributed by atoms with Crippen LogP contribution in [0.2, 0.25) is 0 Å². The average Bonchev–Trinajstić information content (AvgIpc) is 3.70. The number of nitrogens with one attached hydrogen (secondary N) is 1. The molecule has 3 unspecified atom stereocenters. The molecule has 4 aliphatic rings. The first-order valence-electron chi connectivity index (χ1n) is 20.7. The Hall–Kier alpha value is -5.96. The molecule has 57 heavy (non-hydrogen) atoms. The molecule has 4 aliphatic carbocycles. The van der Waals surface area contributed by atoms with Crippen LogP contribution < -0.4 is 5.73 Å². The number of benzene rings is 4. The summed E-state index contributed by atoms with van der Waals surface area (Å²) in [6, 6.07) is 27.2. The van der Waals surface area contributed by atoms with Crippen molar-refractivity contribution in [1.82, 2.24) is 4.98 Å². The second-order valence-corrected chi connectivity index (χ2v) is 16.6. The van der Waals surface area contributed by atoms with Crippen molar-refractivity contribution in [1.29, 1.82) is 0 Å². The van der Waals surface area contributed by atoms with Crippen LogP contribution in [0.4, 0.5) is 0 Å². The highest BCUT2D eigenvalue weighted by Gasteiger charge is 2.37. The van der Waals surface area contributed by atoms with E-state index in [4.69, 9.17) is 5.73 Å². The van der Waals surface area contributed by atoms with Crippen molar-refractivity contribution in [3.63, 3.8) is 0 Å². The van der Waals surface area contributed by atoms with Crippen LogP contribution in [0, 0.1) is 11.8 Å². The number of hydrogen-bond acceptors (Lipinski definition) is 1. The first kappa shape index (κ1) is 36.7. The van der Waals surface area contributed by atoms with E-state index in [9.17, 15) is 0 Å². The maximum Gasteiger partial charge on any atom is 0.0471 e. The van der Waals surface area contributed by atoms with Crippen LogP contribution in [0.5, 0.6) is 0 Å². The summed E-state index contributed by atoms with van der Waals surface area (Å²) in [5.41, 5.74) is 25.0. The van der Waals surface area contributed by atoms with E-state index >= 15 is 0 Å². The van der Waals surface area contributed by atoms with Crippen LogP contribution >= 0.6 is 0 Å². The van der Waals surface area contributed by atoms with Gasteiger partial charge in [-0.3, -0.25) is 0 Å². The summed E-state index contributed by atoms with van der Waals surface area (Å²) >= 11 is 0. The lowest BCUT2D eigenvalue weighted by Crippen LogP contribution is -2.27. The molecule has 0 aliphatic heterocycles. The fraction of sp³-hybridized carbons (Fsp3) is 0.200. The smallest absolute Gasteiger partial charge is 0.0471 e. The average molecular weight is 741 g/mol. The van der Waals surface area contributed by atoms with Gasteiger partial charge in [0.2, 0.25) is 0 Å². The first-order chi connectivity index (χ1) is 27.8. The maximum atomic E-state index is 6.73. The van der Waals surface area contributed by atoms with Gasteiger partial charge in [0.15, 0.2) is 0 Å². The Bertz CT molecular complexity index is 2710. The van der Waals surface area contributed by atoms with Gasteiger partial charge in [0.1, 0.15) is 0 Å². The molecule has 9 rings (SSSR count). The molecule has 0 fully saturated rings. The second kappa shape index (κ2) is 15.2. The van der Waals surface area contributed by atoms with E-state index < -0.39 is 0 Å². The van der Waals surface area contributed by atoms with Crippen LogP contribution in [-0.2, 0) is 11.8 Å². The van der Waals surface area contributed by atoms with Gasteiger partial charge in [-0.15, -0.1) is 0 Å². The number of aromatic amines is 1. The molecule has 0 saturated carbocycles. The van der Waals surface area contributed by atoms with Crippen LogP contribution in [-0.4, -0.2) is 11.0 Å². The molecular weight excluding hydrogens is 689 g/mol. The Kier molecular flexibility index (Phi) is 9.76. The Morgan fingerprint density at radius 2 is 1.72 bits per heavy atom. The van der Waals surface area contributed by atoms with E-state index in [1.165, 1.54) is 72.0 Å². The van der Waals surface area contributed by atoms with Crippen molar-refractivity contribution in [3.8, 4) is 11.1 Å². The summed E-state index contributed by atoms with van der Waals surface area (Å²) < 4.78 is 0. The summed E-state index contributed by atoms with van der Waals surface area (Å²) in [5, 5.41) is 2.48. The quantitative estimate of drug-likeness (QED) is 0.115. The van der Waals surface area contributed by atoms with Crippen LogP contribution in [0.15, 0.2) is 170 Å². The summed E-state index contributed by atoms with van der Waals surface area (Å²) in [6.07, 6.45) is 37.5. The molecule has 4 aromatic carbocycles. The van der Waals surface area contributed by atoms with Crippen molar-refractivity contribution in [2.45, 2.75) is 57.9 Å². The predicted octanol–water partition coefficient (Wildman–Crippen LogP) is 13.8. The highest BCUT2D eigenvalue weighted by Crippen LogP contribution is 2.50. The molecule has 0 spiro atoms. The molecule has 2 nitrogen and oxygen atoms in total. The number of hydrogen-bond donors (Lipinski definition) is 2. The molecule has 5 aromatic rings. The fourth-order valence-electron chi connectivity index (χ4n) is 9.44. The van der Waals surface area contributed by atoms with E-state index in [0.717, 1.165) is 36.7 Å². The molecule has 3 atom stereocenters.